The van der Waals surface area contributed by atoms with E-state index in [9.17, 15) is 13.2 Å². The van der Waals surface area contributed by atoms with E-state index in [0.717, 1.165) is 11.1 Å². The largest absolute Gasteiger partial charge is 0.332 e. The summed E-state index contributed by atoms with van der Waals surface area (Å²) in [4.78, 5) is 15.6. The Labute approximate surface area is 217 Å². The number of anilines is 1. The van der Waals surface area contributed by atoms with Crippen LogP contribution in [-0.4, -0.2) is 25.8 Å². The van der Waals surface area contributed by atoms with Gasteiger partial charge < -0.3 is 4.90 Å². The predicted octanol–water partition coefficient (Wildman–Crippen LogP) is 6.07. The second-order valence-corrected chi connectivity index (χ2v) is 10.8. The van der Waals surface area contributed by atoms with Crippen LogP contribution < -0.4 is 4.31 Å². The van der Waals surface area contributed by atoms with E-state index in [1.807, 2.05) is 60.7 Å². The second-order valence-electron chi connectivity index (χ2n) is 8.48. The van der Waals surface area contributed by atoms with Crippen LogP contribution in [0, 0.1) is 6.92 Å². The fourth-order valence-electron chi connectivity index (χ4n) is 3.98. The van der Waals surface area contributed by atoms with Crippen molar-refractivity contribution in [1.82, 2.24) is 4.90 Å². The standard InChI is InChI=1S/C29H27ClN2O3S/c1-23-19-26(30)17-18-28(23)32(36(34,35)27-15-9-4-10-16-27)22-29(33)31(20-24-11-5-2-6-12-24)21-25-13-7-3-8-14-25/h2-19H,20-22H2,1H3. The van der Waals surface area contributed by atoms with Gasteiger partial charge in [-0.05, 0) is 53.9 Å². The molecule has 0 unspecified atom stereocenters. The highest BCUT2D eigenvalue weighted by Crippen LogP contribution is 2.29. The first kappa shape index (κ1) is 25.5. The first-order valence-corrected chi connectivity index (χ1v) is 13.4. The number of carbonyl (C=O) groups excluding carboxylic acids is 1. The molecule has 4 aromatic rings. The molecule has 0 aromatic heterocycles. The van der Waals surface area contributed by atoms with Crippen LogP contribution in [-0.2, 0) is 27.9 Å². The Morgan fingerprint density at radius 1 is 0.750 bits per heavy atom. The highest BCUT2D eigenvalue weighted by molar-refractivity contribution is 7.92. The minimum atomic E-state index is -4.02. The molecule has 4 aromatic carbocycles. The van der Waals surface area contributed by atoms with E-state index in [1.165, 1.54) is 16.4 Å². The molecule has 0 fully saturated rings. The van der Waals surface area contributed by atoms with Crippen molar-refractivity contribution in [3.05, 3.63) is 131 Å². The van der Waals surface area contributed by atoms with E-state index in [-0.39, 0.29) is 17.3 Å². The summed E-state index contributed by atoms with van der Waals surface area (Å²) in [6, 6.07) is 32.4. The third kappa shape index (κ3) is 6.14. The number of halogens is 1. The lowest BCUT2D eigenvalue weighted by Gasteiger charge is -2.29. The Hall–Kier alpha value is -3.61. The Kier molecular flexibility index (Phi) is 8.08. The third-order valence-corrected chi connectivity index (χ3v) is 7.83. The van der Waals surface area contributed by atoms with Gasteiger partial charge in [0, 0.05) is 18.1 Å². The molecule has 184 valence electrons. The average Bonchev–Trinajstić information content (AvgIpc) is 2.89. The van der Waals surface area contributed by atoms with Crippen molar-refractivity contribution < 1.29 is 13.2 Å². The summed E-state index contributed by atoms with van der Waals surface area (Å²) in [6.07, 6.45) is 0. The number of rotatable bonds is 9. The minimum Gasteiger partial charge on any atom is -0.332 e. The normalized spacial score (nSPS) is 11.2. The second kappa shape index (κ2) is 11.4. The van der Waals surface area contributed by atoms with Crippen molar-refractivity contribution in [3.8, 4) is 0 Å². The molecule has 0 aliphatic heterocycles. The third-order valence-electron chi connectivity index (χ3n) is 5.82. The highest BCUT2D eigenvalue weighted by Gasteiger charge is 2.30. The van der Waals surface area contributed by atoms with E-state index in [4.69, 9.17) is 11.6 Å². The zero-order valence-electron chi connectivity index (χ0n) is 19.9. The van der Waals surface area contributed by atoms with Crippen LogP contribution in [0.15, 0.2) is 114 Å². The number of aryl methyl sites for hydroxylation is 1. The van der Waals surface area contributed by atoms with Crippen molar-refractivity contribution >= 4 is 33.2 Å². The van der Waals surface area contributed by atoms with Gasteiger partial charge in [-0.2, -0.15) is 0 Å². The Morgan fingerprint density at radius 2 is 1.25 bits per heavy atom. The highest BCUT2D eigenvalue weighted by atomic mass is 35.5. The molecule has 1 amide bonds. The first-order valence-electron chi connectivity index (χ1n) is 11.5. The quantitative estimate of drug-likeness (QED) is 0.270. The van der Waals surface area contributed by atoms with Gasteiger partial charge in [0.1, 0.15) is 6.54 Å². The average molecular weight is 519 g/mol. The van der Waals surface area contributed by atoms with E-state index < -0.39 is 10.0 Å². The smallest absolute Gasteiger partial charge is 0.264 e. The van der Waals surface area contributed by atoms with Crippen LogP contribution in [0.1, 0.15) is 16.7 Å². The molecule has 0 spiro atoms. The molecule has 0 aliphatic carbocycles. The van der Waals surface area contributed by atoms with Crippen LogP contribution in [0.4, 0.5) is 5.69 Å². The molecule has 7 heteroatoms. The van der Waals surface area contributed by atoms with Crippen LogP contribution >= 0.6 is 11.6 Å². The van der Waals surface area contributed by atoms with Gasteiger partial charge in [0.2, 0.25) is 5.91 Å². The van der Waals surface area contributed by atoms with Crippen molar-refractivity contribution in [3.63, 3.8) is 0 Å². The van der Waals surface area contributed by atoms with Gasteiger partial charge in [-0.25, -0.2) is 8.42 Å². The first-order chi connectivity index (χ1) is 17.3. The molecule has 5 nitrogen and oxygen atoms in total. The summed E-state index contributed by atoms with van der Waals surface area (Å²) in [5, 5.41) is 0.495. The maximum Gasteiger partial charge on any atom is 0.264 e. The summed E-state index contributed by atoms with van der Waals surface area (Å²) < 4.78 is 28.7. The number of nitrogens with zero attached hydrogens (tertiary/aromatic N) is 2. The van der Waals surface area contributed by atoms with Gasteiger partial charge in [0.05, 0.1) is 10.6 Å². The lowest BCUT2D eigenvalue weighted by Crippen LogP contribution is -2.43. The van der Waals surface area contributed by atoms with Crippen LogP contribution in [0.5, 0.6) is 0 Å². The fraction of sp³-hybridized carbons (Fsp3) is 0.138. The van der Waals surface area contributed by atoms with Gasteiger partial charge in [0.15, 0.2) is 0 Å². The summed E-state index contributed by atoms with van der Waals surface area (Å²) in [6.45, 7) is 2.14. The molecule has 4 rings (SSSR count). The molecule has 0 N–H and O–H groups in total. The number of sulfonamides is 1. The zero-order valence-corrected chi connectivity index (χ0v) is 21.5. The molecule has 0 atom stereocenters. The van der Waals surface area contributed by atoms with Crippen LogP contribution in [0.2, 0.25) is 5.02 Å². The van der Waals surface area contributed by atoms with E-state index in [0.29, 0.717) is 29.4 Å². The van der Waals surface area contributed by atoms with Gasteiger partial charge in [0.25, 0.3) is 10.0 Å². The molecule has 0 saturated heterocycles. The van der Waals surface area contributed by atoms with Gasteiger partial charge >= 0.3 is 0 Å². The number of benzene rings is 4. The van der Waals surface area contributed by atoms with E-state index >= 15 is 0 Å². The summed E-state index contributed by atoms with van der Waals surface area (Å²) in [5.41, 5.74) is 2.99. The Morgan fingerprint density at radius 3 is 1.75 bits per heavy atom. The molecule has 0 aliphatic rings. The van der Waals surface area contributed by atoms with Crippen molar-refractivity contribution in [2.24, 2.45) is 0 Å². The molecular weight excluding hydrogens is 492 g/mol. The van der Waals surface area contributed by atoms with Crippen molar-refractivity contribution in [2.45, 2.75) is 24.9 Å². The predicted molar refractivity (Wildman–Crippen MR) is 144 cm³/mol. The molecule has 0 radical (unpaired) electrons. The molecular formula is C29H27ClN2O3S. The van der Waals surface area contributed by atoms with Gasteiger partial charge in [-0.15, -0.1) is 0 Å². The Bertz CT molecular complexity index is 1370. The van der Waals surface area contributed by atoms with Crippen molar-refractivity contribution in [2.75, 3.05) is 10.8 Å². The van der Waals surface area contributed by atoms with Crippen molar-refractivity contribution in [1.29, 1.82) is 0 Å². The SMILES string of the molecule is Cc1cc(Cl)ccc1N(CC(=O)N(Cc1ccccc1)Cc1ccccc1)S(=O)(=O)c1ccccc1. The molecule has 0 bridgehead atoms. The monoisotopic (exact) mass is 518 g/mol. The molecule has 0 heterocycles. The number of amides is 1. The number of hydrogen-bond acceptors (Lipinski definition) is 3. The molecule has 0 saturated carbocycles. The lowest BCUT2D eigenvalue weighted by molar-refractivity contribution is -0.130. The lowest BCUT2D eigenvalue weighted by atomic mass is 10.1. The summed E-state index contributed by atoms with van der Waals surface area (Å²) >= 11 is 6.15. The van der Waals surface area contributed by atoms with Crippen LogP contribution in [0.25, 0.3) is 0 Å². The zero-order chi connectivity index (χ0) is 25.5. The topological polar surface area (TPSA) is 57.7 Å². The van der Waals surface area contributed by atoms with E-state index in [1.54, 1.807) is 48.2 Å². The number of carbonyl (C=O) groups is 1. The molecule has 36 heavy (non-hydrogen) atoms. The Balaban J connectivity index is 1.72. The minimum absolute atomic E-state index is 0.116. The van der Waals surface area contributed by atoms with E-state index in [2.05, 4.69) is 0 Å². The van der Waals surface area contributed by atoms with Gasteiger partial charge in [-0.3, -0.25) is 9.10 Å². The van der Waals surface area contributed by atoms with Crippen LogP contribution in [0.3, 0.4) is 0 Å². The summed E-state index contributed by atoms with van der Waals surface area (Å²) in [5.74, 6) is -0.309. The maximum atomic E-state index is 13.8. The number of hydrogen-bond donors (Lipinski definition) is 0. The fourth-order valence-corrected chi connectivity index (χ4v) is 5.71. The maximum absolute atomic E-state index is 13.8. The summed E-state index contributed by atoms with van der Waals surface area (Å²) in [7, 11) is -4.02. The van der Waals surface area contributed by atoms with Gasteiger partial charge in [-0.1, -0.05) is 90.5 Å².